The van der Waals surface area contributed by atoms with Gasteiger partial charge in [0.15, 0.2) is 11.6 Å². The number of ether oxygens (including phenoxy) is 1. The van der Waals surface area contributed by atoms with Crippen LogP contribution in [0.2, 0.25) is 0 Å². The zero-order chi connectivity index (χ0) is 9.42. The fourth-order valence-corrected chi connectivity index (χ4v) is 1.58. The largest absolute Gasteiger partial charge is 0.490 e. The monoisotopic (exact) mass is 182 g/mol. The van der Waals surface area contributed by atoms with Crippen molar-refractivity contribution in [3.05, 3.63) is 29.1 Å². The van der Waals surface area contributed by atoms with Crippen LogP contribution in [0.5, 0.6) is 5.75 Å². The van der Waals surface area contributed by atoms with Crippen LogP contribution in [0.4, 0.5) is 4.39 Å². The molecule has 0 bridgehead atoms. The lowest BCUT2D eigenvalue weighted by atomic mass is 10.0. The Bertz CT molecular complexity index is 336. The van der Waals surface area contributed by atoms with Crippen LogP contribution in [0.3, 0.4) is 0 Å². The molecular formula is C10H11FO2. The summed E-state index contributed by atoms with van der Waals surface area (Å²) in [6, 6.07) is 3.18. The number of hydrogen-bond donors (Lipinski definition) is 1. The fraction of sp³-hybridized carbons (Fsp3) is 0.400. The molecule has 1 aliphatic heterocycles. The van der Waals surface area contributed by atoms with Crippen LogP contribution < -0.4 is 4.74 Å². The predicted molar refractivity (Wildman–Crippen MR) is 46.2 cm³/mol. The Morgan fingerprint density at radius 2 is 2.31 bits per heavy atom. The first-order valence-corrected chi connectivity index (χ1v) is 4.29. The summed E-state index contributed by atoms with van der Waals surface area (Å²) in [5, 5.41) is 9.56. The van der Waals surface area contributed by atoms with E-state index >= 15 is 0 Å². The molecule has 0 saturated heterocycles. The van der Waals surface area contributed by atoms with Crippen LogP contribution in [-0.4, -0.2) is 11.7 Å². The number of aliphatic hydroxyl groups excluding tert-OH is 1. The van der Waals surface area contributed by atoms with Crippen LogP contribution in [0.1, 0.15) is 23.7 Å². The zero-order valence-corrected chi connectivity index (χ0v) is 7.38. The topological polar surface area (TPSA) is 29.5 Å². The summed E-state index contributed by atoms with van der Waals surface area (Å²) in [5.74, 6) is -0.168. The number of hydrogen-bond acceptors (Lipinski definition) is 2. The fourth-order valence-electron chi connectivity index (χ4n) is 1.58. The summed E-state index contributed by atoms with van der Waals surface area (Å²) in [4.78, 5) is 0. The van der Waals surface area contributed by atoms with Crippen LogP contribution in [-0.2, 0) is 0 Å². The van der Waals surface area contributed by atoms with Gasteiger partial charge in [0.25, 0.3) is 0 Å². The second kappa shape index (κ2) is 3.00. The van der Waals surface area contributed by atoms with Gasteiger partial charge >= 0.3 is 0 Å². The minimum atomic E-state index is -0.585. The van der Waals surface area contributed by atoms with Gasteiger partial charge in [0.1, 0.15) is 0 Å². The Morgan fingerprint density at radius 3 is 3.08 bits per heavy atom. The van der Waals surface area contributed by atoms with Gasteiger partial charge in [-0.1, -0.05) is 0 Å². The molecule has 0 saturated carbocycles. The van der Waals surface area contributed by atoms with Gasteiger partial charge in [0.05, 0.1) is 12.7 Å². The Morgan fingerprint density at radius 1 is 1.54 bits per heavy atom. The number of fused-ring (bicyclic) bond motifs is 1. The third kappa shape index (κ3) is 1.40. The maximum Gasteiger partial charge on any atom is 0.165 e. The number of halogens is 1. The molecule has 0 aromatic heterocycles. The van der Waals surface area contributed by atoms with Crippen molar-refractivity contribution in [1.82, 2.24) is 0 Å². The minimum absolute atomic E-state index is 0.212. The summed E-state index contributed by atoms with van der Waals surface area (Å²) in [5.41, 5.74) is 1.38. The van der Waals surface area contributed by atoms with E-state index in [4.69, 9.17) is 4.74 Å². The van der Waals surface area contributed by atoms with E-state index in [-0.39, 0.29) is 11.6 Å². The molecule has 1 aliphatic rings. The predicted octanol–water partition coefficient (Wildman–Crippen LogP) is 1.95. The van der Waals surface area contributed by atoms with Crippen LogP contribution in [0.25, 0.3) is 0 Å². The molecule has 0 radical (unpaired) electrons. The van der Waals surface area contributed by atoms with Crippen molar-refractivity contribution in [2.75, 3.05) is 6.61 Å². The highest BCUT2D eigenvalue weighted by molar-refractivity contribution is 5.40. The summed E-state index contributed by atoms with van der Waals surface area (Å²) in [7, 11) is 0. The van der Waals surface area contributed by atoms with E-state index in [1.165, 1.54) is 6.07 Å². The van der Waals surface area contributed by atoms with E-state index in [0.29, 0.717) is 18.6 Å². The van der Waals surface area contributed by atoms with E-state index in [1.807, 2.05) is 0 Å². The van der Waals surface area contributed by atoms with Crippen molar-refractivity contribution in [2.24, 2.45) is 0 Å². The molecule has 1 heterocycles. The first-order chi connectivity index (χ1) is 6.18. The Kier molecular flexibility index (Phi) is 1.96. The lowest BCUT2D eigenvalue weighted by Crippen LogP contribution is -2.15. The summed E-state index contributed by atoms with van der Waals surface area (Å²) >= 11 is 0. The molecule has 1 N–H and O–H groups in total. The lowest BCUT2D eigenvalue weighted by Gasteiger charge is -2.22. The lowest BCUT2D eigenvalue weighted by molar-refractivity contribution is 0.112. The van der Waals surface area contributed by atoms with Crippen molar-refractivity contribution < 1.29 is 14.2 Å². The molecule has 2 nitrogen and oxygen atoms in total. The Balaban J connectivity index is 2.56. The zero-order valence-electron chi connectivity index (χ0n) is 7.38. The van der Waals surface area contributed by atoms with E-state index in [9.17, 15) is 9.50 Å². The van der Waals surface area contributed by atoms with Gasteiger partial charge in [-0.2, -0.15) is 0 Å². The summed E-state index contributed by atoms with van der Waals surface area (Å²) < 4.78 is 18.4. The summed E-state index contributed by atoms with van der Waals surface area (Å²) in [6.07, 6.45) is -0.0475. The van der Waals surface area contributed by atoms with Gasteiger partial charge in [-0.25, -0.2) is 4.39 Å². The molecule has 0 fully saturated rings. The second-order valence-corrected chi connectivity index (χ2v) is 3.32. The van der Waals surface area contributed by atoms with Crippen molar-refractivity contribution in [3.63, 3.8) is 0 Å². The van der Waals surface area contributed by atoms with Crippen LogP contribution in [0.15, 0.2) is 12.1 Å². The normalized spacial score (nSPS) is 20.7. The molecule has 70 valence electrons. The molecule has 1 atom stereocenters. The van der Waals surface area contributed by atoms with Gasteiger partial charge in [-0.3, -0.25) is 0 Å². The minimum Gasteiger partial charge on any atom is -0.490 e. The Labute approximate surface area is 76.0 Å². The van der Waals surface area contributed by atoms with Gasteiger partial charge in [0, 0.05) is 12.0 Å². The van der Waals surface area contributed by atoms with E-state index in [1.54, 1.807) is 13.0 Å². The maximum absolute atomic E-state index is 13.3. The summed E-state index contributed by atoms with van der Waals surface area (Å²) in [6.45, 7) is 2.18. The Hall–Kier alpha value is -1.09. The third-order valence-electron chi connectivity index (χ3n) is 2.21. The quantitative estimate of drug-likeness (QED) is 0.664. The average Bonchev–Trinajstić information content (AvgIpc) is 2.07. The van der Waals surface area contributed by atoms with Gasteiger partial charge < -0.3 is 9.84 Å². The highest BCUT2D eigenvalue weighted by Crippen LogP contribution is 2.34. The van der Waals surface area contributed by atoms with Crippen molar-refractivity contribution in [3.8, 4) is 5.75 Å². The van der Waals surface area contributed by atoms with Gasteiger partial charge in [-0.15, -0.1) is 0 Å². The molecule has 1 aromatic rings. The molecule has 1 aromatic carbocycles. The molecule has 3 heteroatoms. The molecule has 13 heavy (non-hydrogen) atoms. The molecule has 0 aliphatic carbocycles. The second-order valence-electron chi connectivity index (χ2n) is 3.32. The van der Waals surface area contributed by atoms with Crippen LogP contribution >= 0.6 is 0 Å². The number of aryl methyl sites for hydroxylation is 1. The number of benzene rings is 1. The molecular weight excluding hydrogens is 171 g/mol. The van der Waals surface area contributed by atoms with E-state index in [2.05, 4.69) is 0 Å². The smallest absolute Gasteiger partial charge is 0.165 e. The van der Waals surface area contributed by atoms with Gasteiger partial charge in [0.2, 0.25) is 0 Å². The van der Waals surface area contributed by atoms with Crippen LogP contribution in [0, 0.1) is 12.7 Å². The van der Waals surface area contributed by atoms with Crippen molar-refractivity contribution in [2.45, 2.75) is 19.4 Å². The molecule has 0 amide bonds. The average molecular weight is 182 g/mol. The third-order valence-corrected chi connectivity index (χ3v) is 2.21. The molecule has 2 rings (SSSR count). The standard InChI is InChI=1S/C10H11FO2/c1-6-4-7-9(12)2-3-13-10(7)8(11)5-6/h4-5,9,12H,2-3H2,1H3. The molecule has 1 unspecified atom stereocenters. The number of rotatable bonds is 0. The van der Waals surface area contributed by atoms with E-state index < -0.39 is 6.10 Å². The highest BCUT2D eigenvalue weighted by Gasteiger charge is 2.22. The first-order valence-electron chi connectivity index (χ1n) is 4.29. The number of aliphatic hydroxyl groups is 1. The maximum atomic E-state index is 13.3. The van der Waals surface area contributed by atoms with Crippen molar-refractivity contribution in [1.29, 1.82) is 0 Å². The molecule has 0 spiro atoms. The first kappa shape index (κ1) is 8.51. The van der Waals surface area contributed by atoms with E-state index in [0.717, 1.165) is 5.56 Å². The van der Waals surface area contributed by atoms with Gasteiger partial charge in [-0.05, 0) is 24.6 Å². The highest BCUT2D eigenvalue weighted by atomic mass is 19.1. The van der Waals surface area contributed by atoms with Crippen molar-refractivity contribution >= 4 is 0 Å². The SMILES string of the molecule is Cc1cc(F)c2c(c1)C(O)CCO2.